The van der Waals surface area contributed by atoms with Crippen molar-refractivity contribution in [1.29, 1.82) is 0 Å². The maximum absolute atomic E-state index is 12.3. The van der Waals surface area contributed by atoms with Gasteiger partial charge < -0.3 is 24.4 Å². The number of halogens is 2. The molecule has 37 heavy (non-hydrogen) atoms. The Bertz CT molecular complexity index is 1210. The summed E-state index contributed by atoms with van der Waals surface area (Å²) in [7, 11) is 3.85. The SMILES string of the molecule is COc1ccc2cc(C3(O)CCC(OCc4c(Cl)cccc4Cl)CC3CN3CCN(C)CC3)ccc2c1. The second-order valence-corrected chi connectivity index (χ2v) is 11.4. The van der Waals surface area contributed by atoms with Crippen LogP contribution in [0.15, 0.2) is 54.6 Å². The quantitative estimate of drug-likeness (QED) is 0.398. The fraction of sp³-hybridized carbons (Fsp3) is 0.467. The first-order valence-electron chi connectivity index (χ1n) is 13.1. The third kappa shape index (κ3) is 5.93. The maximum Gasteiger partial charge on any atom is 0.119 e. The Morgan fingerprint density at radius 1 is 0.973 bits per heavy atom. The molecule has 0 radical (unpaired) electrons. The monoisotopic (exact) mass is 542 g/mol. The lowest BCUT2D eigenvalue weighted by Crippen LogP contribution is -2.52. The van der Waals surface area contributed by atoms with E-state index in [2.05, 4.69) is 41.1 Å². The minimum atomic E-state index is -0.917. The summed E-state index contributed by atoms with van der Waals surface area (Å²) in [4.78, 5) is 4.86. The van der Waals surface area contributed by atoms with Crippen LogP contribution in [0.25, 0.3) is 10.8 Å². The van der Waals surface area contributed by atoms with Crippen LogP contribution in [0, 0.1) is 5.92 Å². The van der Waals surface area contributed by atoms with Gasteiger partial charge in [0.05, 0.1) is 25.4 Å². The van der Waals surface area contributed by atoms with Gasteiger partial charge in [0.2, 0.25) is 0 Å². The van der Waals surface area contributed by atoms with Crippen LogP contribution in [0.3, 0.4) is 0 Å². The van der Waals surface area contributed by atoms with Crippen molar-refractivity contribution in [3.05, 3.63) is 75.8 Å². The largest absolute Gasteiger partial charge is 0.497 e. The molecule has 1 saturated carbocycles. The van der Waals surface area contributed by atoms with E-state index in [9.17, 15) is 5.11 Å². The fourth-order valence-electron chi connectivity index (χ4n) is 5.81. The van der Waals surface area contributed by atoms with E-state index in [0.717, 1.165) is 73.2 Å². The molecule has 7 heteroatoms. The van der Waals surface area contributed by atoms with Crippen molar-refractivity contribution in [2.24, 2.45) is 5.92 Å². The first-order chi connectivity index (χ1) is 17.9. The van der Waals surface area contributed by atoms with Crippen molar-refractivity contribution >= 4 is 34.0 Å². The van der Waals surface area contributed by atoms with E-state index in [0.29, 0.717) is 23.1 Å². The highest BCUT2D eigenvalue weighted by Crippen LogP contribution is 2.44. The summed E-state index contributed by atoms with van der Waals surface area (Å²) in [6.07, 6.45) is 2.24. The molecule has 0 aromatic heterocycles. The summed E-state index contributed by atoms with van der Waals surface area (Å²) in [5, 5.41) is 15.7. The maximum atomic E-state index is 12.3. The zero-order valence-corrected chi connectivity index (χ0v) is 23.1. The first-order valence-corrected chi connectivity index (χ1v) is 13.9. The summed E-state index contributed by atoms with van der Waals surface area (Å²) in [5.41, 5.74) is 0.892. The summed E-state index contributed by atoms with van der Waals surface area (Å²) >= 11 is 12.8. The standard InChI is InChI=1S/C30H36Cl2N2O3/c1-33-12-14-34(15-13-33)19-24-18-26(37-20-27-28(31)4-3-5-29(27)32)10-11-30(24,35)23-8-6-22-17-25(36-2)9-7-21(22)16-23/h3-9,16-17,24,26,35H,10-15,18-20H2,1-2H3. The molecular formula is C30H36Cl2N2O3. The first kappa shape index (κ1) is 26.7. The zero-order valence-electron chi connectivity index (χ0n) is 21.6. The molecule has 0 spiro atoms. The van der Waals surface area contributed by atoms with Gasteiger partial charge in [0.1, 0.15) is 5.75 Å². The number of hydrogen-bond donors (Lipinski definition) is 1. The summed E-state index contributed by atoms with van der Waals surface area (Å²) in [5.74, 6) is 0.884. The minimum absolute atomic E-state index is 0.0368. The molecule has 0 amide bonds. The number of ether oxygens (including phenoxy) is 2. The lowest BCUT2D eigenvalue weighted by atomic mass is 9.70. The van der Waals surface area contributed by atoms with Crippen molar-refractivity contribution in [3.63, 3.8) is 0 Å². The Morgan fingerprint density at radius 3 is 2.41 bits per heavy atom. The molecule has 198 valence electrons. The molecule has 0 bridgehead atoms. The van der Waals surface area contributed by atoms with Crippen LogP contribution in [0.5, 0.6) is 5.75 Å². The van der Waals surface area contributed by atoms with Gasteiger partial charge in [-0.05, 0) is 73.0 Å². The minimum Gasteiger partial charge on any atom is -0.497 e. The van der Waals surface area contributed by atoms with Crippen LogP contribution in [0.1, 0.15) is 30.4 Å². The number of methoxy groups -OCH3 is 1. The Balaban J connectivity index is 1.38. The third-order valence-corrected chi connectivity index (χ3v) is 8.93. The summed E-state index contributed by atoms with van der Waals surface area (Å²) in [6.45, 7) is 5.35. The van der Waals surface area contributed by atoms with E-state index in [1.54, 1.807) is 7.11 Å². The normalized spacial score (nSPS) is 25.4. The zero-order chi connectivity index (χ0) is 26.0. The van der Waals surface area contributed by atoms with Crippen LogP contribution in [-0.4, -0.2) is 67.9 Å². The van der Waals surface area contributed by atoms with Crippen molar-refractivity contribution in [1.82, 2.24) is 9.80 Å². The molecule has 1 heterocycles. The smallest absolute Gasteiger partial charge is 0.119 e. The molecule has 3 atom stereocenters. The van der Waals surface area contributed by atoms with Gasteiger partial charge in [-0.1, -0.05) is 47.5 Å². The second-order valence-electron chi connectivity index (χ2n) is 10.6. The number of aliphatic hydroxyl groups is 1. The number of nitrogens with zero attached hydrogens (tertiary/aromatic N) is 2. The molecule has 3 aromatic rings. The summed E-state index contributed by atoms with van der Waals surface area (Å²) in [6, 6.07) is 17.9. The fourth-order valence-corrected chi connectivity index (χ4v) is 6.31. The van der Waals surface area contributed by atoms with E-state index < -0.39 is 5.60 Å². The molecule has 3 unspecified atom stereocenters. The predicted octanol–water partition coefficient (Wildman–Crippen LogP) is 5.98. The van der Waals surface area contributed by atoms with Crippen molar-refractivity contribution < 1.29 is 14.6 Å². The van der Waals surface area contributed by atoms with Crippen LogP contribution in [0.2, 0.25) is 10.0 Å². The summed E-state index contributed by atoms with van der Waals surface area (Å²) < 4.78 is 11.8. The Labute approximate surface area is 229 Å². The van der Waals surface area contributed by atoms with Gasteiger partial charge in [0.25, 0.3) is 0 Å². The number of likely N-dealkylation sites (N-methyl/N-ethyl adjacent to an activating group) is 1. The Morgan fingerprint density at radius 2 is 1.68 bits per heavy atom. The molecule has 5 rings (SSSR count). The highest BCUT2D eigenvalue weighted by Gasteiger charge is 2.44. The van der Waals surface area contributed by atoms with E-state index in [1.807, 2.05) is 30.3 Å². The number of fused-ring (bicyclic) bond motifs is 1. The van der Waals surface area contributed by atoms with E-state index in [1.165, 1.54) is 0 Å². The average molecular weight is 544 g/mol. The van der Waals surface area contributed by atoms with E-state index in [4.69, 9.17) is 32.7 Å². The van der Waals surface area contributed by atoms with Crippen molar-refractivity contribution in [2.75, 3.05) is 46.9 Å². The molecule has 1 saturated heterocycles. The van der Waals surface area contributed by atoms with Crippen molar-refractivity contribution in [3.8, 4) is 5.75 Å². The average Bonchev–Trinajstić information content (AvgIpc) is 2.90. The lowest BCUT2D eigenvalue weighted by Gasteiger charge is -2.46. The topological polar surface area (TPSA) is 45.2 Å². The lowest BCUT2D eigenvalue weighted by molar-refractivity contribution is -0.114. The highest BCUT2D eigenvalue weighted by atomic mass is 35.5. The van der Waals surface area contributed by atoms with E-state index in [-0.39, 0.29) is 12.0 Å². The predicted molar refractivity (Wildman–Crippen MR) is 151 cm³/mol. The number of rotatable bonds is 7. The van der Waals surface area contributed by atoms with Crippen LogP contribution in [-0.2, 0) is 16.9 Å². The van der Waals surface area contributed by atoms with Gasteiger partial charge in [-0.2, -0.15) is 0 Å². The number of piperazine rings is 1. The van der Waals surface area contributed by atoms with Crippen molar-refractivity contribution in [2.45, 2.75) is 37.6 Å². The molecular weight excluding hydrogens is 507 g/mol. The van der Waals surface area contributed by atoms with Gasteiger partial charge in [0, 0.05) is 54.3 Å². The third-order valence-electron chi connectivity index (χ3n) is 8.22. The van der Waals surface area contributed by atoms with Gasteiger partial charge in [-0.25, -0.2) is 0 Å². The molecule has 5 nitrogen and oxygen atoms in total. The Hall–Kier alpha value is -1.86. The second kappa shape index (κ2) is 11.5. The molecule has 2 fully saturated rings. The highest BCUT2D eigenvalue weighted by molar-refractivity contribution is 6.35. The molecule has 2 aliphatic rings. The van der Waals surface area contributed by atoms with Gasteiger partial charge >= 0.3 is 0 Å². The number of hydrogen-bond acceptors (Lipinski definition) is 5. The molecule has 1 N–H and O–H groups in total. The Kier molecular flexibility index (Phi) is 8.30. The van der Waals surface area contributed by atoms with Gasteiger partial charge in [-0.3, -0.25) is 0 Å². The van der Waals surface area contributed by atoms with Crippen LogP contribution >= 0.6 is 23.2 Å². The van der Waals surface area contributed by atoms with Gasteiger partial charge in [-0.15, -0.1) is 0 Å². The molecule has 1 aliphatic carbocycles. The van der Waals surface area contributed by atoms with Crippen LogP contribution < -0.4 is 4.74 Å². The molecule has 3 aromatic carbocycles. The van der Waals surface area contributed by atoms with Crippen LogP contribution in [0.4, 0.5) is 0 Å². The van der Waals surface area contributed by atoms with E-state index >= 15 is 0 Å². The molecule has 1 aliphatic heterocycles. The number of benzene rings is 3. The van der Waals surface area contributed by atoms with Gasteiger partial charge in [0.15, 0.2) is 0 Å².